The highest BCUT2D eigenvalue weighted by Crippen LogP contribution is 2.25. The zero-order chi connectivity index (χ0) is 20.6. The minimum Gasteiger partial charge on any atom is -0.497 e. The number of nitrogens with one attached hydrogen (secondary N) is 2. The van der Waals surface area contributed by atoms with Crippen LogP contribution >= 0.6 is 0 Å². The Hall–Kier alpha value is -2.97. The van der Waals surface area contributed by atoms with Crippen LogP contribution in [-0.2, 0) is 10.0 Å². The maximum atomic E-state index is 12.8. The number of hydrogen-bond donors (Lipinski definition) is 2. The van der Waals surface area contributed by atoms with E-state index in [1.165, 1.54) is 12.1 Å². The highest BCUT2D eigenvalue weighted by atomic mass is 32.2. The molecule has 0 saturated heterocycles. The number of nitrogens with zero attached hydrogens (tertiary/aromatic N) is 1. The Balaban J connectivity index is 1.61. The van der Waals surface area contributed by atoms with Gasteiger partial charge in [-0.3, -0.25) is 9.78 Å². The lowest BCUT2D eigenvalue weighted by molar-refractivity contribution is 0.102. The van der Waals surface area contributed by atoms with E-state index in [0.717, 1.165) is 23.7 Å². The molecule has 1 aromatic heterocycles. The molecule has 1 heterocycles. The Labute approximate surface area is 169 Å². The summed E-state index contributed by atoms with van der Waals surface area (Å²) < 4.78 is 32.7. The quantitative estimate of drug-likeness (QED) is 0.649. The third-order valence-electron chi connectivity index (χ3n) is 4.76. The largest absolute Gasteiger partial charge is 0.497 e. The molecule has 1 fully saturated rings. The molecular formula is C21H21N3O4S. The second-order valence-corrected chi connectivity index (χ2v) is 8.77. The first-order chi connectivity index (χ1) is 13.9. The topological polar surface area (TPSA) is 97.4 Å². The van der Waals surface area contributed by atoms with Crippen molar-refractivity contribution in [1.29, 1.82) is 0 Å². The number of aromatic nitrogens is 1. The molecule has 1 saturated carbocycles. The molecule has 1 aliphatic carbocycles. The fourth-order valence-corrected chi connectivity index (χ4v) is 4.39. The molecule has 0 aliphatic heterocycles. The van der Waals surface area contributed by atoms with Crippen molar-refractivity contribution in [3.8, 4) is 5.75 Å². The van der Waals surface area contributed by atoms with Crippen LogP contribution < -0.4 is 14.8 Å². The SMILES string of the molecule is COc1ccc2nc(C)c(C(=O)Nc3cccc(S(=O)(=O)NC4CC4)c3)cc2c1. The highest BCUT2D eigenvalue weighted by Gasteiger charge is 2.28. The van der Waals surface area contributed by atoms with Crippen molar-refractivity contribution in [1.82, 2.24) is 9.71 Å². The molecule has 1 aliphatic rings. The number of carbonyl (C=O) groups excluding carboxylic acids is 1. The first kappa shape index (κ1) is 19.4. The van der Waals surface area contributed by atoms with Crippen LogP contribution in [0.15, 0.2) is 53.4 Å². The zero-order valence-electron chi connectivity index (χ0n) is 16.1. The Morgan fingerprint density at radius 1 is 1.14 bits per heavy atom. The summed E-state index contributed by atoms with van der Waals surface area (Å²) in [4.78, 5) is 17.4. The number of aryl methyl sites for hydroxylation is 1. The second-order valence-electron chi connectivity index (χ2n) is 7.06. The van der Waals surface area contributed by atoms with E-state index < -0.39 is 10.0 Å². The third-order valence-corrected chi connectivity index (χ3v) is 6.28. The van der Waals surface area contributed by atoms with Gasteiger partial charge in [-0.1, -0.05) is 6.07 Å². The lowest BCUT2D eigenvalue weighted by atomic mass is 10.1. The number of fused-ring (bicyclic) bond motifs is 1. The molecule has 29 heavy (non-hydrogen) atoms. The fraction of sp³-hybridized carbons (Fsp3) is 0.238. The first-order valence-corrected chi connectivity index (χ1v) is 10.7. The summed E-state index contributed by atoms with van der Waals surface area (Å²) in [7, 11) is -2.01. The molecule has 7 nitrogen and oxygen atoms in total. The van der Waals surface area contributed by atoms with E-state index in [4.69, 9.17) is 4.74 Å². The summed E-state index contributed by atoms with van der Waals surface area (Å²) >= 11 is 0. The van der Waals surface area contributed by atoms with Gasteiger partial charge in [0.2, 0.25) is 10.0 Å². The van der Waals surface area contributed by atoms with Gasteiger partial charge in [-0.25, -0.2) is 13.1 Å². The van der Waals surface area contributed by atoms with Gasteiger partial charge in [-0.15, -0.1) is 0 Å². The number of carbonyl (C=O) groups is 1. The van der Waals surface area contributed by atoms with Crippen molar-refractivity contribution < 1.29 is 17.9 Å². The average Bonchev–Trinajstić information content (AvgIpc) is 3.50. The summed E-state index contributed by atoms with van der Waals surface area (Å²) in [5, 5.41) is 3.55. The molecule has 0 unspecified atom stereocenters. The van der Waals surface area contributed by atoms with E-state index in [1.54, 1.807) is 32.2 Å². The monoisotopic (exact) mass is 411 g/mol. The Bertz CT molecular complexity index is 1200. The molecule has 0 spiro atoms. The van der Waals surface area contributed by atoms with Gasteiger partial charge in [0.05, 0.1) is 28.8 Å². The number of hydrogen-bond acceptors (Lipinski definition) is 5. The average molecular weight is 411 g/mol. The number of sulfonamides is 1. The van der Waals surface area contributed by atoms with Gasteiger partial charge in [-0.2, -0.15) is 0 Å². The van der Waals surface area contributed by atoms with E-state index in [2.05, 4.69) is 15.0 Å². The number of benzene rings is 2. The first-order valence-electron chi connectivity index (χ1n) is 9.25. The van der Waals surface area contributed by atoms with E-state index in [9.17, 15) is 13.2 Å². The number of rotatable bonds is 6. The minimum atomic E-state index is -3.59. The van der Waals surface area contributed by atoms with Crippen molar-refractivity contribution in [3.05, 3.63) is 59.8 Å². The molecule has 0 atom stereocenters. The molecule has 3 aromatic rings. The Morgan fingerprint density at radius 2 is 1.93 bits per heavy atom. The van der Waals surface area contributed by atoms with Crippen molar-refractivity contribution in [2.45, 2.75) is 30.7 Å². The molecule has 1 amide bonds. The molecule has 2 N–H and O–H groups in total. The van der Waals surface area contributed by atoms with Gasteiger partial charge < -0.3 is 10.1 Å². The number of methoxy groups -OCH3 is 1. The van der Waals surface area contributed by atoms with Crippen LogP contribution in [0.1, 0.15) is 28.9 Å². The number of pyridine rings is 1. The van der Waals surface area contributed by atoms with Gasteiger partial charge >= 0.3 is 0 Å². The summed E-state index contributed by atoms with van der Waals surface area (Å²) in [6.07, 6.45) is 1.71. The summed E-state index contributed by atoms with van der Waals surface area (Å²) in [6.45, 7) is 1.76. The van der Waals surface area contributed by atoms with Gasteiger partial charge in [0.25, 0.3) is 5.91 Å². The van der Waals surface area contributed by atoms with Crippen LogP contribution in [0.4, 0.5) is 5.69 Å². The number of anilines is 1. The van der Waals surface area contributed by atoms with Crippen molar-refractivity contribution in [2.24, 2.45) is 0 Å². The van der Waals surface area contributed by atoms with Crippen LogP contribution in [0.25, 0.3) is 10.9 Å². The summed E-state index contributed by atoms with van der Waals surface area (Å²) in [6, 6.07) is 13.5. The third kappa shape index (κ3) is 4.23. The van der Waals surface area contributed by atoms with Gasteiger partial charge in [0.15, 0.2) is 0 Å². The lowest BCUT2D eigenvalue weighted by Gasteiger charge is -2.11. The van der Waals surface area contributed by atoms with Crippen LogP contribution in [0.3, 0.4) is 0 Å². The molecule has 150 valence electrons. The maximum Gasteiger partial charge on any atom is 0.257 e. The molecule has 0 bridgehead atoms. The van der Waals surface area contributed by atoms with Gasteiger partial charge in [0.1, 0.15) is 5.75 Å². The Kier molecular flexibility index (Phi) is 4.97. The number of amides is 1. The maximum absolute atomic E-state index is 12.8. The predicted octanol–water partition coefficient (Wildman–Crippen LogP) is 3.24. The van der Waals surface area contributed by atoms with E-state index >= 15 is 0 Å². The molecule has 8 heteroatoms. The smallest absolute Gasteiger partial charge is 0.257 e. The zero-order valence-corrected chi connectivity index (χ0v) is 16.9. The summed E-state index contributed by atoms with van der Waals surface area (Å²) in [5.41, 5.74) is 2.16. The van der Waals surface area contributed by atoms with E-state index in [1.807, 2.05) is 18.2 Å². The molecule has 4 rings (SSSR count). The fourth-order valence-electron chi connectivity index (χ4n) is 3.04. The lowest BCUT2D eigenvalue weighted by Crippen LogP contribution is -2.25. The normalized spacial score (nSPS) is 14.0. The van der Waals surface area contributed by atoms with E-state index in [-0.39, 0.29) is 16.8 Å². The standard InChI is InChI=1S/C21H21N3O4S/c1-13-19(11-14-10-17(28-2)8-9-20(14)22-13)21(25)23-16-4-3-5-18(12-16)29(26,27)24-15-6-7-15/h3-5,8-12,15,24H,6-7H2,1-2H3,(H,23,25). The van der Waals surface area contributed by atoms with Gasteiger partial charge in [0, 0.05) is 17.1 Å². The summed E-state index contributed by atoms with van der Waals surface area (Å²) in [5.74, 6) is 0.319. The molecule has 2 aromatic carbocycles. The van der Waals surface area contributed by atoms with Crippen LogP contribution in [0, 0.1) is 6.92 Å². The van der Waals surface area contributed by atoms with Crippen molar-refractivity contribution in [3.63, 3.8) is 0 Å². The predicted molar refractivity (Wildman–Crippen MR) is 111 cm³/mol. The molecule has 0 radical (unpaired) electrons. The number of ether oxygens (including phenoxy) is 1. The van der Waals surface area contributed by atoms with Crippen LogP contribution in [-0.4, -0.2) is 32.5 Å². The Morgan fingerprint density at radius 3 is 2.66 bits per heavy atom. The highest BCUT2D eigenvalue weighted by molar-refractivity contribution is 7.89. The van der Waals surface area contributed by atoms with Crippen LogP contribution in [0.5, 0.6) is 5.75 Å². The van der Waals surface area contributed by atoms with Gasteiger partial charge in [-0.05, 0) is 62.2 Å². The van der Waals surface area contributed by atoms with Crippen molar-refractivity contribution in [2.75, 3.05) is 12.4 Å². The minimum absolute atomic E-state index is 0.0153. The van der Waals surface area contributed by atoms with Crippen LogP contribution in [0.2, 0.25) is 0 Å². The van der Waals surface area contributed by atoms with Crippen molar-refractivity contribution >= 4 is 32.5 Å². The second kappa shape index (κ2) is 7.46. The van der Waals surface area contributed by atoms with E-state index in [0.29, 0.717) is 22.7 Å². The molecular weight excluding hydrogens is 390 g/mol.